The third-order valence-electron chi connectivity index (χ3n) is 4.54. The van der Waals surface area contributed by atoms with Gasteiger partial charge in [-0.1, -0.05) is 32.9 Å². The van der Waals surface area contributed by atoms with Gasteiger partial charge in [0.1, 0.15) is 5.75 Å². The predicted octanol–water partition coefficient (Wildman–Crippen LogP) is 5.40. The number of thioether (sulfide) groups is 1. The number of rotatable bonds is 5. The topological polar surface area (TPSA) is 42.4 Å². The van der Waals surface area contributed by atoms with Crippen LogP contribution in [0.2, 0.25) is 0 Å². The minimum Gasteiger partial charge on any atom is -0.439 e. The highest BCUT2D eigenvalue weighted by molar-refractivity contribution is 8.00. The first-order chi connectivity index (χ1) is 12.9. The maximum atomic E-state index is 13.2. The molecule has 1 aromatic carbocycles. The first kappa shape index (κ1) is 19.7. The van der Waals surface area contributed by atoms with Gasteiger partial charge in [0, 0.05) is 40.9 Å². The molecular formula is C22H28N2O2S. The zero-order chi connectivity index (χ0) is 19.3. The predicted molar refractivity (Wildman–Crippen MR) is 112 cm³/mol. The maximum Gasteiger partial charge on any atom is 0.254 e. The van der Waals surface area contributed by atoms with Crippen LogP contribution in [0, 0.1) is 0 Å². The van der Waals surface area contributed by atoms with Crippen LogP contribution in [-0.4, -0.2) is 38.9 Å². The van der Waals surface area contributed by atoms with Crippen LogP contribution in [0.25, 0.3) is 0 Å². The van der Waals surface area contributed by atoms with Gasteiger partial charge < -0.3 is 9.64 Å². The molecule has 1 saturated heterocycles. The van der Waals surface area contributed by atoms with Crippen molar-refractivity contribution in [3.05, 3.63) is 54.2 Å². The lowest BCUT2D eigenvalue weighted by molar-refractivity contribution is 0.0640. The number of nitrogens with zero attached hydrogens (tertiary/aromatic N) is 2. The minimum atomic E-state index is 0.0979. The fourth-order valence-corrected chi connectivity index (χ4v) is 4.21. The van der Waals surface area contributed by atoms with Gasteiger partial charge >= 0.3 is 0 Å². The van der Waals surface area contributed by atoms with Crippen molar-refractivity contribution in [3.63, 3.8) is 0 Å². The Bertz CT molecular complexity index is 758. The highest BCUT2D eigenvalue weighted by Gasteiger charge is 2.29. The molecule has 1 aromatic heterocycles. The Kier molecular flexibility index (Phi) is 6.42. The highest BCUT2D eigenvalue weighted by Crippen LogP contribution is 2.30. The summed E-state index contributed by atoms with van der Waals surface area (Å²) in [5, 5.41) is 0. The van der Waals surface area contributed by atoms with E-state index in [0.29, 0.717) is 23.2 Å². The standard InChI is InChI=1S/C22H28N2O2S/c1-22(2,3)27-16-18-10-5-7-14-24(18)21(25)17-9-8-11-19(15-17)26-20-12-4-6-13-23-20/h4,6,8-9,11-13,15,18H,5,7,10,14,16H2,1-3H3. The van der Waals surface area contributed by atoms with Crippen LogP contribution >= 0.6 is 11.8 Å². The first-order valence-corrected chi connectivity index (χ1v) is 10.5. The fraction of sp³-hybridized carbons (Fsp3) is 0.455. The highest BCUT2D eigenvalue weighted by atomic mass is 32.2. The van der Waals surface area contributed by atoms with Crippen molar-refractivity contribution in [1.29, 1.82) is 0 Å². The van der Waals surface area contributed by atoms with E-state index in [1.54, 1.807) is 12.3 Å². The number of hydrogen-bond donors (Lipinski definition) is 0. The summed E-state index contributed by atoms with van der Waals surface area (Å²) in [4.78, 5) is 19.4. The Morgan fingerprint density at radius 3 is 2.81 bits per heavy atom. The lowest BCUT2D eigenvalue weighted by atomic mass is 10.0. The second-order valence-corrected chi connectivity index (χ2v) is 9.72. The van der Waals surface area contributed by atoms with Gasteiger partial charge in [-0.3, -0.25) is 4.79 Å². The largest absolute Gasteiger partial charge is 0.439 e. The second-order valence-electron chi connectivity index (χ2n) is 7.87. The average Bonchev–Trinajstić information content (AvgIpc) is 2.66. The number of carbonyl (C=O) groups is 1. The van der Waals surface area contributed by atoms with Crippen molar-refractivity contribution in [1.82, 2.24) is 9.88 Å². The van der Waals surface area contributed by atoms with Gasteiger partial charge in [-0.05, 0) is 43.5 Å². The van der Waals surface area contributed by atoms with E-state index in [1.165, 1.54) is 6.42 Å². The van der Waals surface area contributed by atoms with Gasteiger partial charge in [0.05, 0.1) is 0 Å². The molecule has 0 spiro atoms. The van der Waals surface area contributed by atoms with Crippen molar-refractivity contribution in [3.8, 4) is 11.6 Å². The number of piperidine rings is 1. The van der Waals surface area contributed by atoms with Gasteiger partial charge in [-0.2, -0.15) is 11.8 Å². The molecule has 2 aromatic rings. The van der Waals surface area contributed by atoms with Crippen LogP contribution in [0.1, 0.15) is 50.4 Å². The summed E-state index contributed by atoms with van der Waals surface area (Å²) in [6, 6.07) is 13.2. The molecule has 1 aliphatic heterocycles. The monoisotopic (exact) mass is 384 g/mol. The molecule has 0 radical (unpaired) electrons. The van der Waals surface area contributed by atoms with Crippen LogP contribution in [0.3, 0.4) is 0 Å². The number of likely N-dealkylation sites (tertiary alicyclic amines) is 1. The van der Waals surface area contributed by atoms with Gasteiger partial charge in [-0.25, -0.2) is 4.98 Å². The third kappa shape index (κ3) is 5.73. The summed E-state index contributed by atoms with van der Waals surface area (Å²) in [7, 11) is 0. The number of hydrogen-bond acceptors (Lipinski definition) is 4. The van der Waals surface area contributed by atoms with Crippen LogP contribution in [-0.2, 0) is 0 Å². The van der Waals surface area contributed by atoms with E-state index in [1.807, 2.05) is 48.2 Å². The Morgan fingerprint density at radius 1 is 1.22 bits per heavy atom. The Morgan fingerprint density at radius 2 is 2.07 bits per heavy atom. The molecule has 27 heavy (non-hydrogen) atoms. The molecule has 0 aliphatic carbocycles. The van der Waals surface area contributed by atoms with Crippen molar-refractivity contribution in [2.24, 2.45) is 0 Å². The maximum absolute atomic E-state index is 13.2. The lowest BCUT2D eigenvalue weighted by Gasteiger charge is -2.37. The molecule has 1 unspecified atom stereocenters. The van der Waals surface area contributed by atoms with E-state index in [-0.39, 0.29) is 10.7 Å². The Balaban J connectivity index is 1.72. The van der Waals surface area contributed by atoms with Crippen LogP contribution in [0.4, 0.5) is 0 Å². The molecule has 2 heterocycles. The van der Waals surface area contributed by atoms with E-state index in [9.17, 15) is 4.79 Å². The van der Waals surface area contributed by atoms with E-state index < -0.39 is 0 Å². The molecule has 3 rings (SSSR count). The van der Waals surface area contributed by atoms with Crippen molar-refractivity contribution >= 4 is 17.7 Å². The van der Waals surface area contributed by atoms with Gasteiger partial charge in [0.15, 0.2) is 0 Å². The molecule has 1 aliphatic rings. The molecule has 1 fully saturated rings. The molecule has 4 nitrogen and oxygen atoms in total. The quantitative estimate of drug-likeness (QED) is 0.692. The third-order valence-corrected chi connectivity index (χ3v) is 5.96. The molecule has 0 bridgehead atoms. The van der Waals surface area contributed by atoms with Crippen LogP contribution in [0.5, 0.6) is 11.6 Å². The molecular weight excluding hydrogens is 356 g/mol. The number of benzene rings is 1. The number of amides is 1. The average molecular weight is 385 g/mol. The Hall–Kier alpha value is -2.01. The summed E-state index contributed by atoms with van der Waals surface area (Å²) < 4.78 is 6.00. The number of pyridine rings is 1. The fourth-order valence-electron chi connectivity index (χ4n) is 3.17. The van der Waals surface area contributed by atoms with E-state index in [0.717, 1.165) is 25.1 Å². The zero-order valence-electron chi connectivity index (χ0n) is 16.4. The summed E-state index contributed by atoms with van der Waals surface area (Å²) in [6.45, 7) is 7.51. The summed E-state index contributed by atoms with van der Waals surface area (Å²) >= 11 is 1.93. The van der Waals surface area contributed by atoms with Crippen molar-refractivity contribution < 1.29 is 9.53 Å². The summed E-state index contributed by atoms with van der Waals surface area (Å²) in [5.41, 5.74) is 0.677. The Labute approximate surface area is 166 Å². The van der Waals surface area contributed by atoms with Gasteiger partial charge in [-0.15, -0.1) is 0 Å². The van der Waals surface area contributed by atoms with E-state index in [2.05, 4.69) is 30.7 Å². The molecule has 1 atom stereocenters. The first-order valence-electron chi connectivity index (χ1n) is 9.56. The van der Waals surface area contributed by atoms with Crippen molar-refractivity contribution in [2.45, 2.75) is 50.8 Å². The molecule has 1 amide bonds. The molecule has 0 N–H and O–H groups in total. The molecule has 5 heteroatoms. The van der Waals surface area contributed by atoms with Crippen LogP contribution < -0.4 is 4.74 Å². The van der Waals surface area contributed by atoms with Crippen molar-refractivity contribution in [2.75, 3.05) is 12.3 Å². The summed E-state index contributed by atoms with van der Waals surface area (Å²) in [6.07, 6.45) is 5.04. The summed E-state index contributed by atoms with van der Waals surface area (Å²) in [5.74, 6) is 2.25. The van der Waals surface area contributed by atoms with E-state index >= 15 is 0 Å². The number of ether oxygens (including phenoxy) is 1. The smallest absolute Gasteiger partial charge is 0.254 e. The van der Waals surface area contributed by atoms with Gasteiger partial charge in [0.2, 0.25) is 5.88 Å². The molecule has 0 saturated carbocycles. The number of carbonyl (C=O) groups excluding carboxylic acids is 1. The number of aromatic nitrogens is 1. The van der Waals surface area contributed by atoms with E-state index in [4.69, 9.17) is 4.74 Å². The van der Waals surface area contributed by atoms with Crippen LogP contribution in [0.15, 0.2) is 48.7 Å². The second kappa shape index (κ2) is 8.79. The lowest BCUT2D eigenvalue weighted by Crippen LogP contribution is -2.45. The van der Waals surface area contributed by atoms with Gasteiger partial charge in [0.25, 0.3) is 5.91 Å². The normalized spacial score (nSPS) is 17.6. The minimum absolute atomic E-state index is 0.0979. The SMILES string of the molecule is CC(C)(C)SCC1CCCCN1C(=O)c1cccc(Oc2ccccn2)c1. The zero-order valence-corrected chi connectivity index (χ0v) is 17.2. The molecule has 144 valence electrons.